The third-order valence-corrected chi connectivity index (χ3v) is 4.08. The van der Waals surface area contributed by atoms with E-state index in [0.29, 0.717) is 11.7 Å². The normalized spacial score (nSPS) is 18.6. The Balaban J connectivity index is 1.82. The fourth-order valence-electron chi connectivity index (χ4n) is 2.88. The molecular formula is C18H24O. The molecule has 1 aliphatic carbocycles. The van der Waals surface area contributed by atoms with Gasteiger partial charge in [0.2, 0.25) is 0 Å². The second-order valence-corrected chi connectivity index (χ2v) is 5.64. The van der Waals surface area contributed by atoms with Crippen molar-refractivity contribution in [1.82, 2.24) is 0 Å². The molecule has 0 aromatic heterocycles. The highest BCUT2D eigenvalue weighted by molar-refractivity contribution is 5.84. The number of benzene rings is 1. The smallest absolute Gasteiger partial charge is 0.142 e. The fourth-order valence-corrected chi connectivity index (χ4v) is 2.88. The molecule has 1 heteroatoms. The summed E-state index contributed by atoms with van der Waals surface area (Å²) >= 11 is 0. The van der Waals surface area contributed by atoms with Gasteiger partial charge in [0.1, 0.15) is 5.78 Å². The number of carbonyl (C=O) groups is 1. The molecule has 0 spiro atoms. The van der Waals surface area contributed by atoms with Crippen molar-refractivity contribution in [3.63, 3.8) is 0 Å². The van der Waals surface area contributed by atoms with Crippen molar-refractivity contribution in [1.29, 1.82) is 0 Å². The second kappa shape index (κ2) is 7.28. The van der Waals surface area contributed by atoms with Crippen LogP contribution in [0.4, 0.5) is 0 Å². The third kappa shape index (κ3) is 4.34. The van der Waals surface area contributed by atoms with E-state index in [4.69, 9.17) is 0 Å². The second-order valence-electron chi connectivity index (χ2n) is 5.64. The molecule has 0 N–H and O–H groups in total. The van der Waals surface area contributed by atoms with E-state index in [9.17, 15) is 4.79 Å². The van der Waals surface area contributed by atoms with Crippen LogP contribution in [0.1, 0.15) is 44.6 Å². The maximum Gasteiger partial charge on any atom is 0.142 e. The highest BCUT2D eigenvalue weighted by Crippen LogP contribution is 2.26. The number of Topliss-reactive ketones (excluding diaryl/α,β-unsaturated/α-hetero) is 1. The molecular weight excluding hydrogens is 232 g/mol. The van der Waals surface area contributed by atoms with E-state index in [1.54, 1.807) is 0 Å². The summed E-state index contributed by atoms with van der Waals surface area (Å²) < 4.78 is 0. The average molecular weight is 256 g/mol. The van der Waals surface area contributed by atoms with Crippen molar-refractivity contribution < 1.29 is 4.79 Å². The maximum absolute atomic E-state index is 12.3. The van der Waals surface area contributed by atoms with Gasteiger partial charge in [0.15, 0.2) is 0 Å². The highest BCUT2D eigenvalue weighted by atomic mass is 16.1. The molecule has 19 heavy (non-hydrogen) atoms. The van der Waals surface area contributed by atoms with Gasteiger partial charge in [0.25, 0.3) is 0 Å². The Labute approximate surface area is 116 Å². The van der Waals surface area contributed by atoms with Crippen molar-refractivity contribution in [3.8, 4) is 0 Å². The molecule has 1 fully saturated rings. The Bertz CT molecular complexity index is 413. The Morgan fingerprint density at radius 2 is 1.89 bits per heavy atom. The first-order chi connectivity index (χ1) is 9.27. The summed E-state index contributed by atoms with van der Waals surface area (Å²) in [5.41, 5.74) is 1.30. The maximum atomic E-state index is 12.3. The fraction of sp³-hybridized carbons (Fsp3) is 0.500. The Kier molecular flexibility index (Phi) is 5.38. The molecule has 0 aliphatic heterocycles. The molecule has 1 aliphatic rings. The van der Waals surface area contributed by atoms with Gasteiger partial charge in [-0.25, -0.2) is 0 Å². The summed E-state index contributed by atoms with van der Waals surface area (Å²) in [5.74, 6) is 0.848. The van der Waals surface area contributed by atoms with Crippen LogP contribution >= 0.6 is 0 Å². The molecule has 0 radical (unpaired) electrons. The number of hydrogen-bond donors (Lipinski definition) is 0. The number of rotatable bonds is 5. The molecule has 0 bridgehead atoms. The van der Waals surface area contributed by atoms with Gasteiger partial charge in [-0.05, 0) is 24.8 Å². The van der Waals surface area contributed by atoms with Crippen LogP contribution in [0.2, 0.25) is 0 Å². The van der Waals surface area contributed by atoms with Crippen LogP contribution in [0.25, 0.3) is 0 Å². The molecule has 0 unspecified atom stereocenters. The van der Waals surface area contributed by atoms with Crippen LogP contribution in [0.3, 0.4) is 0 Å². The lowest BCUT2D eigenvalue weighted by Crippen LogP contribution is -2.22. The molecule has 1 nitrogen and oxygen atoms in total. The van der Waals surface area contributed by atoms with Gasteiger partial charge in [0, 0.05) is 11.8 Å². The quantitative estimate of drug-likeness (QED) is 0.705. The zero-order valence-corrected chi connectivity index (χ0v) is 11.8. The Morgan fingerprint density at radius 1 is 1.21 bits per heavy atom. The van der Waals surface area contributed by atoms with Crippen LogP contribution in [-0.2, 0) is 11.2 Å². The molecule has 1 saturated carbocycles. The van der Waals surface area contributed by atoms with E-state index in [0.717, 1.165) is 19.3 Å². The lowest BCUT2D eigenvalue weighted by molar-refractivity contribution is -0.125. The lowest BCUT2D eigenvalue weighted by Gasteiger charge is -2.22. The van der Waals surface area contributed by atoms with Crippen LogP contribution in [0.5, 0.6) is 0 Å². The summed E-state index contributed by atoms with van der Waals surface area (Å²) in [7, 11) is 0. The summed E-state index contributed by atoms with van der Waals surface area (Å²) in [6, 6.07) is 10.4. The predicted molar refractivity (Wildman–Crippen MR) is 80.0 cm³/mol. The monoisotopic (exact) mass is 256 g/mol. The summed E-state index contributed by atoms with van der Waals surface area (Å²) in [5, 5.41) is 0. The van der Waals surface area contributed by atoms with Gasteiger partial charge in [-0.1, -0.05) is 68.7 Å². The number of hydrogen-bond acceptors (Lipinski definition) is 1. The van der Waals surface area contributed by atoms with Crippen LogP contribution in [-0.4, -0.2) is 5.78 Å². The summed E-state index contributed by atoms with van der Waals surface area (Å²) in [4.78, 5) is 12.3. The average Bonchev–Trinajstić information content (AvgIpc) is 2.48. The Morgan fingerprint density at radius 3 is 2.58 bits per heavy atom. The van der Waals surface area contributed by atoms with Gasteiger partial charge < -0.3 is 0 Å². The minimum atomic E-state index is 0.0758. The molecule has 0 heterocycles. The third-order valence-electron chi connectivity index (χ3n) is 4.08. The standard InChI is InChI=1S/C18H24O/c1-15(18(19)17-13-6-3-7-14-17)9-8-12-16-10-4-2-5-11-16/h2,4-5,8-11,15,17H,3,6-7,12-14H2,1H3/b9-8+/t15-/m0/s1. The molecule has 1 atom stereocenters. The molecule has 1 aromatic carbocycles. The zero-order valence-electron chi connectivity index (χ0n) is 11.8. The first-order valence-electron chi connectivity index (χ1n) is 7.51. The lowest BCUT2D eigenvalue weighted by atomic mass is 9.82. The highest BCUT2D eigenvalue weighted by Gasteiger charge is 2.23. The summed E-state index contributed by atoms with van der Waals surface area (Å²) in [6.45, 7) is 2.04. The van der Waals surface area contributed by atoms with E-state index in [-0.39, 0.29) is 5.92 Å². The van der Waals surface area contributed by atoms with Crippen molar-refractivity contribution in [2.45, 2.75) is 45.4 Å². The number of allylic oxidation sites excluding steroid dienone is 2. The van der Waals surface area contributed by atoms with Gasteiger partial charge in [-0.15, -0.1) is 0 Å². The minimum Gasteiger partial charge on any atom is -0.299 e. The van der Waals surface area contributed by atoms with E-state index in [1.165, 1.54) is 24.8 Å². The molecule has 0 saturated heterocycles. The largest absolute Gasteiger partial charge is 0.299 e. The molecule has 102 valence electrons. The minimum absolute atomic E-state index is 0.0758. The van der Waals surface area contributed by atoms with Crippen LogP contribution in [0, 0.1) is 11.8 Å². The van der Waals surface area contributed by atoms with E-state index < -0.39 is 0 Å². The molecule has 2 rings (SSSR count). The zero-order chi connectivity index (χ0) is 13.5. The molecule has 1 aromatic rings. The van der Waals surface area contributed by atoms with E-state index in [1.807, 2.05) is 13.0 Å². The number of ketones is 1. The van der Waals surface area contributed by atoms with Gasteiger partial charge in [0.05, 0.1) is 0 Å². The van der Waals surface area contributed by atoms with Gasteiger partial charge in [-0.3, -0.25) is 4.79 Å². The first kappa shape index (κ1) is 14.0. The number of carbonyl (C=O) groups excluding carboxylic acids is 1. The summed E-state index contributed by atoms with van der Waals surface area (Å²) in [6.07, 6.45) is 11.1. The van der Waals surface area contributed by atoms with Gasteiger partial charge in [-0.2, -0.15) is 0 Å². The van der Waals surface area contributed by atoms with Crippen LogP contribution in [0.15, 0.2) is 42.5 Å². The van der Waals surface area contributed by atoms with Crippen molar-refractivity contribution in [2.75, 3.05) is 0 Å². The first-order valence-corrected chi connectivity index (χ1v) is 7.51. The van der Waals surface area contributed by atoms with Crippen LogP contribution < -0.4 is 0 Å². The van der Waals surface area contributed by atoms with Crippen molar-refractivity contribution in [2.24, 2.45) is 11.8 Å². The van der Waals surface area contributed by atoms with Gasteiger partial charge >= 0.3 is 0 Å². The van der Waals surface area contributed by atoms with E-state index in [2.05, 4.69) is 36.4 Å². The van der Waals surface area contributed by atoms with Crippen molar-refractivity contribution >= 4 is 5.78 Å². The SMILES string of the molecule is C[C@@H](/C=C/Cc1ccccc1)C(=O)C1CCCCC1. The van der Waals surface area contributed by atoms with Crippen molar-refractivity contribution in [3.05, 3.63) is 48.0 Å². The molecule has 0 amide bonds. The topological polar surface area (TPSA) is 17.1 Å². The Hall–Kier alpha value is -1.37. The predicted octanol–water partition coefficient (Wildman–Crippen LogP) is 4.57. The van der Waals surface area contributed by atoms with E-state index >= 15 is 0 Å².